The van der Waals surface area contributed by atoms with Gasteiger partial charge < -0.3 is 19.3 Å². The smallest absolute Gasteiger partial charge is 0.157 e. The summed E-state index contributed by atoms with van der Waals surface area (Å²) < 4.78 is 17.1. The molecule has 4 rings (SSSR count). The summed E-state index contributed by atoms with van der Waals surface area (Å²) in [6, 6.07) is 6.37. The van der Waals surface area contributed by atoms with Crippen molar-refractivity contribution in [3.8, 4) is 5.75 Å². The predicted molar refractivity (Wildman–Crippen MR) is 95.7 cm³/mol. The van der Waals surface area contributed by atoms with E-state index in [2.05, 4.69) is 18.2 Å². The number of hydrogen-bond acceptors (Lipinski definition) is 4. The molecule has 0 radical (unpaired) electrons. The molecule has 0 spiro atoms. The Morgan fingerprint density at radius 1 is 1.24 bits per heavy atom. The molecule has 2 aliphatic carbocycles. The first kappa shape index (κ1) is 17.3. The third-order valence-corrected chi connectivity index (χ3v) is 6.46. The summed E-state index contributed by atoms with van der Waals surface area (Å²) in [5, 5.41) is 10.6. The molecule has 1 saturated heterocycles. The fourth-order valence-corrected chi connectivity index (χ4v) is 5.17. The highest BCUT2D eigenvalue weighted by Gasteiger charge is 2.44. The zero-order valence-electron chi connectivity index (χ0n) is 15.2. The van der Waals surface area contributed by atoms with Gasteiger partial charge in [-0.1, -0.05) is 12.1 Å². The van der Waals surface area contributed by atoms with Crippen LogP contribution in [-0.4, -0.2) is 37.8 Å². The Balaban J connectivity index is 1.39. The number of rotatable bonds is 5. The van der Waals surface area contributed by atoms with Crippen LogP contribution in [0.3, 0.4) is 0 Å². The SMILES string of the molecule is COc1cccc2c1C[C@H]1C[C@@H](O)[C@H](CCOC3CCCCO3)[C@H]1C2. The molecule has 1 aromatic rings. The minimum Gasteiger partial charge on any atom is -0.496 e. The van der Waals surface area contributed by atoms with Gasteiger partial charge in [-0.3, -0.25) is 0 Å². The second kappa shape index (κ2) is 7.65. The van der Waals surface area contributed by atoms with Crippen LogP contribution in [-0.2, 0) is 22.3 Å². The molecule has 5 atom stereocenters. The van der Waals surface area contributed by atoms with E-state index in [0.717, 1.165) is 50.9 Å². The first-order valence-corrected chi connectivity index (χ1v) is 9.82. The van der Waals surface area contributed by atoms with Crippen LogP contribution in [0.2, 0.25) is 0 Å². The van der Waals surface area contributed by atoms with E-state index < -0.39 is 0 Å². The molecule has 2 fully saturated rings. The molecule has 4 nitrogen and oxygen atoms in total. The van der Waals surface area contributed by atoms with E-state index in [9.17, 15) is 5.11 Å². The Hall–Kier alpha value is -1.10. The second-order valence-electron chi connectivity index (χ2n) is 7.85. The number of benzene rings is 1. The lowest BCUT2D eigenvalue weighted by molar-refractivity contribution is -0.165. The highest BCUT2D eigenvalue weighted by atomic mass is 16.7. The Morgan fingerprint density at radius 2 is 2.16 bits per heavy atom. The Labute approximate surface area is 150 Å². The van der Waals surface area contributed by atoms with Crippen molar-refractivity contribution in [2.45, 2.75) is 57.3 Å². The summed E-state index contributed by atoms with van der Waals surface area (Å²) in [6.07, 6.45) is 7.04. The van der Waals surface area contributed by atoms with E-state index in [1.54, 1.807) is 7.11 Å². The molecule has 4 heteroatoms. The van der Waals surface area contributed by atoms with Crippen molar-refractivity contribution in [1.82, 2.24) is 0 Å². The molecule has 138 valence electrons. The highest BCUT2D eigenvalue weighted by molar-refractivity contribution is 5.43. The van der Waals surface area contributed by atoms with Crippen LogP contribution in [0.1, 0.15) is 43.2 Å². The van der Waals surface area contributed by atoms with Crippen molar-refractivity contribution in [3.63, 3.8) is 0 Å². The summed E-state index contributed by atoms with van der Waals surface area (Å²) in [4.78, 5) is 0. The van der Waals surface area contributed by atoms with Crippen molar-refractivity contribution < 1.29 is 19.3 Å². The number of ether oxygens (including phenoxy) is 3. The molecule has 0 amide bonds. The largest absolute Gasteiger partial charge is 0.496 e. The maximum atomic E-state index is 10.6. The van der Waals surface area contributed by atoms with Gasteiger partial charge in [-0.05, 0) is 79.9 Å². The monoisotopic (exact) mass is 346 g/mol. The summed E-state index contributed by atoms with van der Waals surface area (Å²) in [6.45, 7) is 1.51. The van der Waals surface area contributed by atoms with Gasteiger partial charge in [0.2, 0.25) is 0 Å². The Bertz CT molecular complexity index is 581. The number of hydrogen-bond donors (Lipinski definition) is 1. The lowest BCUT2D eigenvalue weighted by Gasteiger charge is -2.32. The molecule has 1 heterocycles. The van der Waals surface area contributed by atoms with Gasteiger partial charge in [0, 0.05) is 6.61 Å². The Morgan fingerprint density at radius 3 is 2.96 bits per heavy atom. The quantitative estimate of drug-likeness (QED) is 0.888. The summed E-state index contributed by atoms with van der Waals surface area (Å²) in [5.41, 5.74) is 2.75. The van der Waals surface area contributed by atoms with Crippen molar-refractivity contribution >= 4 is 0 Å². The molecule has 1 aromatic carbocycles. The van der Waals surface area contributed by atoms with Crippen molar-refractivity contribution in [3.05, 3.63) is 29.3 Å². The lowest BCUT2D eigenvalue weighted by Crippen LogP contribution is -2.29. The second-order valence-corrected chi connectivity index (χ2v) is 7.85. The molecule has 0 bridgehead atoms. The average Bonchev–Trinajstić information content (AvgIpc) is 2.95. The Kier molecular flexibility index (Phi) is 5.30. The van der Waals surface area contributed by atoms with Gasteiger partial charge in [0.15, 0.2) is 6.29 Å². The van der Waals surface area contributed by atoms with Crippen molar-refractivity contribution in [1.29, 1.82) is 0 Å². The number of fused-ring (bicyclic) bond motifs is 2. The van der Waals surface area contributed by atoms with Crippen LogP contribution >= 0.6 is 0 Å². The topological polar surface area (TPSA) is 47.9 Å². The molecule has 1 N–H and O–H groups in total. The van der Waals surface area contributed by atoms with Gasteiger partial charge in [0.1, 0.15) is 5.75 Å². The molecular weight excluding hydrogens is 316 g/mol. The lowest BCUT2D eigenvalue weighted by atomic mass is 9.74. The van der Waals surface area contributed by atoms with Crippen LogP contribution in [0.4, 0.5) is 0 Å². The average molecular weight is 346 g/mol. The first-order chi connectivity index (χ1) is 12.3. The maximum Gasteiger partial charge on any atom is 0.157 e. The molecular formula is C21H30O4. The van der Waals surface area contributed by atoms with Crippen LogP contribution < -0.4 is 4.74 Å². The fourth-order valence-electron chi connectivity index (χ4n) is 5.17. The normalized spacial score (nSPS) is 34.4. The number of methoxy groups -OCH3 is 1. The van der Waals surface area contributed by atoms with Gasteiger partial charge in [0.25, 0.3) is 0 Å². The van der Waals surface area contributed by atoms with E-state index in [1.165, 1.54) is 17.5 Å². The molecule has 0 aromatic heterocycles. The molecule has 25 heavy (non-hydrogen) atoms. The van der Waals surface area contributed by atoms with Gasteiger partial charge in [-0.2, -0.15) is 0 Å². The first-order valence-electron chi connectivity index (χ1n) is 9.82. The van der Waals surface area contributed by atoms with E-state index in [0.29, 0.717) is 24.4 Å². The van der Waals surface area contributed by atoms with E-state index >= 15 is 0 Å². The summed E-state index contributed by atoms with van der Waals surface area (Å²) in [5.74, 6) is 2.47. The number of aliphatic hydroxyl groups excluding tert-OH is 1. The zero-order valence-corrected chi connectivity index (χ0v) is 15.2. The van der Waals surface area contributed by atoms with Gasteiger partial charge in [-0.15, -0.1) is 0 Å². The third-order valence-electron chi connectivity index (χ3n) is 6.46. The fraction of sp³-hybridized carbons (Fsp3) is 0.714. The zero-order chi connectivity index (χ0) is 17.2. The van der Waals surface area contributed by atoms with E-state index in [-0.39, 0.29) is 12.4 Å². The number of aliphatic hydroxyl groups is 1. The minimum absolute atomic E-state index is 0.0283. The van der Waals surface area contributed by atoms with Crippen molar-refractivity contribution in [2.24, 2.45) is 17.8 Å². The maximum absolute atomic E-state index is 10.6. The van der Waals surface area contributed by atoms with E-state index in [1.807, 2.05) is 0 Å². The minimum atomic E-state index is -0.203. The van der Waals surface area contributed by atoms with Crippen LogP contribution in [0.15, 0.2) is 18.2 Å². The third kappa shape index (κ3) is 3.57. The molecule has 1 saturated carbocycles. The van der Waals surface area contributed by atoms with Crippen LogP contribution in [0.25, 0.3) is 0 Å². The highest BCUT2D eigenvalue weighted by Crippen LogP contribution is 2.47. The van der Waals surface area contributed by atoms with Crippen LogP contribution in [0, 0.1) is 17.8 Å². The summed E-state index contributed by atoms with van der Waals surface area (Å²) in [7, 11) is 1.75. The van der Waals surface area contributed by atoms with Gasteiger partial charge in [-0.25, -0.2) is 0 Å². The van der Waals surface area contributed by atoms with Crippen LogP contribution in [0.5, 0.6) is 5.75 Å². The van der Waals surface area contributed by atoms with Gasteiger partial charge in [0.05, 0.1) is 19.8 Å². The summed E-state index contributed by atoms with van der Waals surface area (Å²) >= 11 is 0. The molecule has 1 aliphatic heterocycles. The van der Waals surface area contributed by atoms with Crippen molar-refractivity contribution in [2.75, 3.05) is 20.3 Å². The molecule has 3 aliphatic rings. The molecule has 1 unspecified atom stereocenters. The van der Waals surface area contributed by atoms with E-state index in [4.69, 9.17) is 14.2 Å². The predicted octanol–water partition coefficient (Wildman–Crippen LogP) is 3.34. The van der Waals surface area contributed by atoms with Gasteiger partial charge >= 0.3 is 0 Å². The standard InChI is InChI=1S/C21H30O4/c1-23-20-6-4-5-14-11-17-15(12-18(14)20)13-19(22)16(17)8-10-25-21-7-2-3-9-24-21/h4-6,15-17,19,21-22H,2-3,7-13H2,1H3/t15-,16+,17-,19+,21?/m0/s1.